The van der Waals surface area contributed by atoms with Crippen LogP contribution >= 0.6 is 34.8 Å². The summed E-state index contributed by atoms with van der Waals surface area (Å²) in [5, 5.41) is 0. The maximum atomic E-state index is 5.55. The molecule has 1 aromatic rings. The second-order valence-electron chi connectivity index (χ2n) is 2.31. The Hall–Kier alpha value is -0.290. The number of nitrogens with two attached hydrogens (primary N) is 2. The molecule has 0 saturated carbocycles. The highest BCUT2D eigenvalue weighted by atomic mass is 35.6. The molecule has 13 heavy (non-hydrogen) atoms. The van der Waals surface area contributed by atoms with E-state index < -0.39 is 3.79 Å². The van der Waals surface area contributed by atoms with E-state index in [1.165, 1.54) is 6.20 Å². The van der Waals surface area contributed by atoms with Gasteiger partial charge in [0.2, 0.25) is 3.79 Å². The van der Waals surface area contributed by atoms with Crippen LogP contribution in [0.3, 0.4) is 0 Å². The molecule has 0 atom stereocenters. The zero-order valence-corrected chi connectivity index (χ0v) is 8.74. The molecule has 1 heterocycles. The first-order chi connectivity index (χ1) is 5.95. The summed E-state index contributed by atoms with van der Waals surface area (Å²) < 4.78 is -1.65. The number of aromatic nitrogens is 2. The molecule has 0 aliphatic heterocycles. The molecule has 0 spiro atoms. The van der Waals surface area contributed by atoms with E-state index in [4.69, 9.17) is 46.3 Å². The van der Waals surface area contributed by atoms with E-state index >= 15 is 0 Å². The van der Waals surface area contributed by atoms with Gasteiger partial charge in [-0.25, -0.2) is 9.97 Å². The Bertz CT molecular complexity index is 309. The maximum absolute atomic E-state index is 5.55. The lowest BCUT2D eigenvalue weighted by Gasteiger charge is -2.10. The Morgan fingerprint density at radius 1 is 1.38 bits per heavy atom. The fourth-order valence-corrected chi connectivity index (χ4v) is 0.987. The third kappa shape index (κ3) is 2.57. The maximum Gasteiger partial charge on any atom is 0.250 e. The Kier molecular flexibility index (Phi) is 3.18. The van der Waals surface area contributed by atoms with Gasteiger partial charge in [0, 0.05) is 18.3 Å². The van der Waals surface area contributed by atoms with Gasteiger partial charge < -0.3 is 11.5 Å². The molecule has 1 rings (SSSR count). The molecule has 0 bridgehead atoms. The van der Waals surface area contributed by atoms with Crippen molar-refractivity contribution < 1.29 is 0 Å². The minimum absolute atomic E-state index is 0.0483. The van der Waals surface area contributed by atoms with Crippen molar-refractivity contribution in [3.8, 4) is 0 Å². The molecular weight excluding hydrogens is 234 g/mol. The van der Waals surface area contributed by atoms with Crippen molar-refractivity contribution in [1.82, 2.24) is 9.97 Å². The van der Waals surface area contributed by atoms with Crippen LogP contribution in [0.5, 0.6) is 0 Å². The van der Waals surface area contributed by atoms with E-state index in [9.17, 15) is 0 Å². The summed E-state index contributed by atoms with van der Waals surface area (Å²) in [6.07, 6.45) is 1.44. The second kappa shape index (κ2) is 3.84. The topological polar surface area (TPSA) is 77.8 Å². The lowest BCUT2D eigenvalue weighted by atomic mass is 10.3. The van der Waals surface area contributed by atoms with Crippen molar-refractivity contribution in [2.45, 2.75) is 10.3 Å². The van der Waals surface area contributed by atoms with Crippen molar-refractivity contribution in [3.63, 3.8) is 0 Å². The minimum atomic E-state index is -1.65. The number of anilines is 1. The molecule has 0 amide bonds. The van der Waals surface area contributed by atoms with Gasteiger partial charge in [-0.1, -0.05) is 34.8 Å². The van der Waals surface area contributed by atoms with Crippen LogP contribution in [0.25, 0.3) is 0 Å². The molecule has 4 nitrogen and oxygen atoms in total. The lowest BCUT2D eigenvalue weighted by molar-refractivity contribution is 0.933. The summed E-state index contributed by atoms with van der Waals surface area (Å²) in [4.78, 5) is 7.62. The quantitative estimate of drug-likeness (QED) is 0.728. The van der Waals surface area contributed by atoms with Crippen LogP contribution in [0, 0.1) is 0 Å². The van der Waals surface area contributed by atoms with E-state index in [1.807, 2.05) is 0 Å². The summed E-state index contributed by atoms with van der Waals surface area (Å²) in [5.74, 6) is 0.283. The molecule has 0 aliphatic rings. The fraction of sp³-hybridized carbons (Fsp3) is 0.333. The molecule has 0 aliphatic carbocycles. The van der Waals surface area contributed by atoms with Crippen molar-refractivity contribution in [1.29, 1.82) is 0 Å². The van der Waals surface area contributed by atoms with Crippen molar-refractivity contribution in [2.24, 2.45) is 5.73 Å². The normalized spacial score (nSPS) is 11.7. The van der Waals surface area contributed by atoms with Crippen LogP contribution < -0.4 is 11.5 Å². The molecule has 7 heteroatoms. The molecule has 0 radical (unpaired) electrons. The number of nitrogen functional groups attached to an aromatic ring is 1. The average molecular weight is 242 g/mol. The molecule has 4 N–H and O–H groups in total. The van der Waals surface area contributed by atoms with Gasteiger partial charge in [-0.3, -0.25) is 0 Å². The SMILES string of the molecule is NCc1cnc(C(Cl)(Cl)Cl)nc1N. The molecule has 1 aromatic heterocycles. The minimum Gasteiger partial charge on any atom is -0.383 e. The number of hydrogen-bond acceptors (Lipinski definition) is 4. The summed E-state index contributed by atoms with van der Waals surface area (Å²) in [7, 11) is 0. The van der Waals surface area contributed by atoms with Crippen LogP contribution in [-0.2, 0) is 10.3 Å². The van der Waals surface area contributed by atoms with Crippen molar-refractivity contribution in [3.05, 3.63) is 17.6 Å². The zero-order valence-electron chi connectivity index (χ0n) is 6.47. The first kappa shape index (κ1) is 10.8. The van der Waals surface area contributed by atoms with Gasteiger partial charge in [0.05, 0.1) is 0 Å². The third-order valence-corrected chi connectivity index (χ3v) is 1.88. The largest absolute Gasteiger partial charge is 0.383 e. The van der Waals surface area contributed by atoms with E-state index in [0.29, 0.717) is 5.56 Å². The second-order valence-corrected chi connectivity index (χ2v) is 4.59. The smallest absolute Gasteiger partial charge is 0.250 e. The fourth-order valence-electron chi connectivity index (χ4n) is 0.714. The monoisotopic (exact) mass is 240 g/mol. The molecular formula is C6H7Cl3N4. The lowest BCUT2D eigenvalue weighted by Crippen LogP contribution is -2.12. The van der Waals surface area contributed by atoms with Crippen LogP contribution in [0.1, 0.15) is 11.4 Å². The Morgan fingerprint density at radius 2 is 2.00 bits per heavy atom. The van der Waals surface area contributed by atoms with E-state index in [-0.39, 0.29) is 18.2 Å². The average Bonchev–Trinajstić information content (AvgIpc) is 2.02. The van der Waals surface area contributed by atoms with E-state index in [0.717, 1.165) is 0 Å². The highest BCUT2D eigenvalue weighted by Crippen LogP contribution is 2.35. The number of halogens is 3. The van der Waals surface area contributed by atoms with Gasteiger partial charge in [-0.05, 0) is 0 Å². The highest BCUT2D eigenvalue weighted by Gasteiger charge is 2.26. The predicted octanol–water partition coefficient (Wildman–Crippen LogP) is 1.34. The summed E-state index contributed by atoms with van der Waals surface area (Å²) in [5.41, 5.74) is 11.5. The summed E-state index contributed by atoms with van der Waals surface area (Å²) in [6, 6.07) is 0. The van der Waals surface area contributed by atoms with E-state index in [1.54, 1.807) is 0 Å². The molecule has 0 fully saturated rings. The van der Waals surface area contributed by atoms with Crippen LogP contribution in [0.15, 0.2) is 6.20 Å². The Morgan fingerprint density at radius 3 is 2.38 bits per heavy atom. The van der Waals surface area contributed by atoms with Gasteiger partial charge in [-0.2, -0.15) is 0 Å². The van der Waals surface area contributed by atoms with Crippen LogP contribution in [0.4, 0.5) is 5.82 Å². The summed E-state index contributed by atoms with van der Waals surface area (Å²) >= 11 is 16.6. The van der Waals surface area contributed by atoms with Gasteiger partial charge >= 0.3 is 0 Å². The molecule has 0 aromatic carbocycles. The van der Waals surface area contributed by atoms with Gasteiger partial charge in [0.25, 0.3) is 0 Å². The standard InChI is InChI=1S/C6H7Cl3N4/c7-6(8,9)5-12-2-3(1-10)4(11)13-5/h2H,1,10H2,(H2,11,12,13). The first-order valence-corrected chi connectivity index (χ1v) is 4.47. The Labute approximate surface area is 90.2 Å². The summed E-state index contributed by atoms with van der Waals surface area (Å²) in [6.45, 7) is 0.256. The number of alkyl halides is 3. The number of nitrogens with zero attached hydrogens (tertiary/aromatic N) is 2. The zero-order chi connectivity index (χ0) is 10.1. The van der Waals surface area contributed by atoms with Crippen molar-refractivity contribution in [2.75, 3.05) is 5.73 Å². The number of rotatable bonds is 1. The number of hydrogen-bond donors (Lipinski definition) is 2. The van der Waals surface area contributed by atoms with E-state index in [2.05, 4.69) is 9.97 Å². The molecule has 0 unspecified atom stereocenters. The molecule has 0 saturated heterocycles. The third-order valence-electron chi connectivity index (χ3n) is 1.37. The molecule has 72 valence electrons. The Balaban J connectivity index is 3.10. The van der Waals surface area contributed by atoms with Crippen LogP contribution in [0.2, 0.25) is 0 Å². The predicted molar refractivity (Wildman–Crippen MR) is 53.6 cm³/mol. The first-order valence-electron chi connectivity index (χ1n) is 3.34. The van der Waals surface area contributed by atoms with Crippen LogP contribution in [-0.4, -0.2) is 9.97 Å². The highest BCUT2D eigenvalue weighted by molar-refractivity contribution is 6.66. The van der Waals surface area contributed by atoms with Crippen molar-refractivity contribution >= 4 is 40.6 Å². The van der Waals surface area contributed by atoms with Gasteiger partial charge in [0.1, 0.15) is 5.82 Å². The van der Waals surface area contributed by atoms with Gasteiger partial charge in [-0.15, -0.1) is 0 Å². The van der Waals surface area contributed by atoms with Gasteiger partial charge in [0.15, 0.2) is 5.82 Å².